The highest BCUT2D eigenvalue weighted by molar-refractivity contribution is 9.10. The van der Waals surface area contributed by atoms with Gasteiger partial charge in [-0.3, -0.25) is 4.79 Å². The van der Waals surface area contributed by atoms with Gasteiger partial charge < -0.3 is 14.5 Å². The minimum atomic E-state index is -0.419. The first-order valence-corrected chi connectivity index (χ1v) is 9.56. The van der Waals surface area contributed by atoms with Gasteiger partial charge in [-0.2, -0.15) is 0 Å². The number of carbonyl (C=O) groups excluding carboxylic acids is 1. The second kappa shape index (κ2) is 8.54. The molecule has 1 fully saturated rings. The SMILES string of the molecule is COc1ccccc1N1CCN(C(=O)C(Br)Cc2ccccc2F)CC1. The summed E-state index contributed by atoms with van der Waals surface area (Å²) in [5.41, 5.74) is 1.60. The van der Waals surface area contributed by atoms with Gasteiger partial charge in [-0.25, -0.2) is 4.39 Å². The number of rotatable bonds is 5. The fourth-order valence-corrected chi connectivity index (χ4v) is 3.84. The number of amides is 1. The summed E-state index contributed by atoms with van der Waals surface area (Å²) < 4.78 is 19.2. The molecule has 0 aliphatic carbocycles. The molecule has 1 amide bonds. The molecular weight excluding hydrogens is 399 g/mol. The van der Waals surface area contributed by atoms with Crippen LogP contribution in [0, 0.1) is 5.82 Å². The molecule has 0 radical (unpaired) electrons. The number of alkyl halides is 1. The van der Waals surface area contributed by atoms with Gasteiger partial charge in [-0.15, -0.1) is 0 Å². The first kappa shape index (κ1) is 18.7. The lowest BCUT2D eigenvalue weighted by molar-refractivity contribution is -0.130. The predicted molar refractivity (Wildman–Crippen MR) is 105 cm³/mol. The molecule has 2 aromatic carbocycles. The van der Waals surface area contributed by atoms with E-state index < -0.39 is 4.83 Å². The monoisotopic (exact) mass is 420 g/mol. The standard InChI is InChI=1S/C20H22BrFN2O2/c1-26-19-9-5-4-8-18(19)23-10-12-24(13-11-23)20(25)16(21)14-15-6-2-3-7-17(15)22/h2-9,16H,10-14H2,1H3. The van der Waals surface area contributed by atoms with Gasteiger partial charge in [0.05, 0.1) is 17.6 Å². The van der Waals surface area contributed by atoms with Gasteiger partial charge in [0.1, 0.15) is 11.6 Å². The Morgan fingerprint density at radius 1 is 1.12 bits per heavy atom. The maximum absolute atomic E-state index is 13.8. The molecule has 3 rings (SSSR count). The van der Waals surface area contributed by atoms with Crippen LogP contribution in [0.5, 0.6) is 5.75 Å². The fourth-order valence-electron chi connectivity index (χ4n) is 3.20. The van der Waals surface area contributed by atoms with Crippen LogP contribution in [0.1, 0.15) is 5.56 Å². The fraction of sp³-hybridized carbons (Fsp3) is 0.350. The van der Waals surface area contributed by atoms with Crippen molar-refractivity contribution in [1.29, 1.82) is 0 Å². The molecule has 1 aliphatic rings. The summed E-state index contributed by atoms with van der Waals surface area (Å²) in [6.07, 6.45) is 0.345. The van der Waals surface area contributed by atoms with Gasteiger partial charge in [-0.05, 0) is 30.2 Å². The number of methoxy groups -OCH3 is 1. The minimum Gasteiger partial charge on any atom is -0.495 e. The van der Waals surface area contributed by atoms with Gasteiger partial charge >= 0.3 is 0 Å². The third-order valence-corrected chi connectivity index (χ3v) is 5.36. The number of hydrogen-bond acceptors (Lipinski definition) is 3. The zero-order valence-corrected chi connectivity index (χ0v) is 16.3. The average Bonchev–Trinajstić information content (AvgIpc) is 2.69. The number of benzene rings is 2. The van der Waals surface area contributed by atoms with Crippen molar-refractivity contribution in [1.82, 2.24) is 4.90 Å². The van der Waals surface area contributed by atoms with Crippen molar-refractivity contribution in [3.63, 3.8) is 0 Å². The van der Waals surface area contributed by atoms with Crippen LogP contribution in [-0.4, -0.2) is 48.9 Å². The Morgan fingerprint density at radius 2 is 1.77 bits per heavy atom. The molecule has 6 heteroatoms. The van der Waals surface area contributed by atoms with Gasteiger partial charge in [0.2, 0.25) is 5.91 Å². The zero-order chi connectivity index (χ0) is 18.5. The predicted octanol–water partition coefficient (Wildman–Crippen LogP) is 3.49. The molecule has 1 saturated heterocycles. The summed E-state index contributed by atoms with van der Waals surface area (Å²) in [7, 11) is 1.66. The lowest BCUT2D eigenvalue weighted by Gasteiger charge is -2.37. The van der Waals surface area contributed by atoms with Gasteiger partial charge in [0.25, 0.3) is 0 Å². The maximum Gasteiger partial charge on any atom is 0.236 e. The number of nitrogens with zero attached hydrogens (tertiary/aromatic N) is 2. The number of ether oxygens (including phenoxy) is 1. The molecule has 0 N–H and O–H groups in total. The molecule has 1 atom stereocenters. The van der Waals surface area contributed by atoms with E-state index in [1.165, 1.54) is 6.07 Å². The molecule has 138 valence electrons. The molecule has 0 saturated carbocycles. The Bertz CT molecular complexity index is 763. The van der Waals surface area contributed by atoms with Crippen molar-refractivity contribution < 1.29 is 13.9 Å². The lowest BCUT2D eigenvalue weighted by Crippen LogP contribution is -2.51. The van der Waals surface area contributed by atoms with Gasteiger partial charge in [0, 0.05) is 26.2 Å². The summed E-state index contributed by atoms with van der Waals surface area (Å²) in [5.74, 6) is 0.573. The number of carbonyl (C=O) groups is 1. The van der Waals surface area contributed by atoms with E-state index in [0.29, 0.717) is 25.1 Å². The summed E-state index contributed by atoms with van der Waals surface area (Å²) in [4.78, 5) is 16.3. The summed E-state index contributed by atoms with van der Waals surface area (Å²) in [6, 6.07) is 14.5. The summed E-state index contributed by atoms with van der Waals surface area (Å²) in [6.45, 7) is 2.75. The van der Waals surface area contributed by atoms with Crippen LogP contribution >= 0.6 is 15.9 Å². The Morgan fingerprint density at radius 3 is 2.46 bits per heavy atom. The molecule has 0 spiro atoms. The zero-order valence-electron chi connectivity index (χ0n) is 14.7. The van der Waals surface area contributed by atoms with E-state index in [9.17, 15) is 9.18 Å². The molecule has 0 bridgehead atoms. The molecule has 1 aliphatic heterocycles. The van der Waals surface area contributed by atoms with E-state index in [2.05, 4.69) is 20.8 Å². The molecule has 1 unspecified atom stereocenters. The molecule has 26 heavy (non-hydrogen) atoms. The Hall–Kier alpha value is -2.08. The topological polar surface area (TPSA) is 32.8 Å². The van der Waals surface area contributed by atoms with Crippen LogP contribution in [-0.2, 0) is 11.2 Å². The van der Waals surface area contributed by atoms with Gasteiger partial charge in [0.15, 0.2) is 0 Å². The van der Waals surface area contributed by atoms with E-state index in [1.807, 2.05) is 29.2 Å². The molecule has 4 nitrogen and oxygen atoms in total. The second-order valence-electron chi connectivity index (χ2n) is 6.25. The van der Waals surface area contributed by atoms with Crippen molar-refractivity contribution >= 4 is 27.5 Å². The van der Waals surface area contributed by atoms with Crippen molar-refractivity contribution in [2.45, 2.75) is 11.2 Å². The normalized spacial score (nSPS) is 15.7. The van der Waals surface area contributed by atoms with Crippen molar-refractivity contribution in [2.24, 2.45) is 0 Å². The molecule has 2 aromatic rings. The minimum absolute atomic E-state index is 0.00734. The van der Waals surface area contributed by atoms with Crippen LogP contribution in [0.25, 0.3) is 0 Å². The number of hydrogen-bond donors (Lipinski definition) is 0. The quantitative estimate of drug-likeness (QED) is 0.694. The Kier molecular flexibility index (Phi) is 6.14. The number of halogens is 2. The maximum atomic E-state index is 13.8. The largest absolute Gasteiger partial charge is 0.495 e. The van der Waals surface area contributed by atoms with Crippen LogP contribution in [0.4, 0.5) is 10.1 Å². The average molecular weight is 421 g/mol. The van der Waals surface area contributed by atoms with Crippen LogP contribution in [0.3, 0.4) is 0 Å². The van der Waals surface area contributed by atoms with Crippen molar-refractivity contribution in [2.75, 3.05) is 38.2 Å². The van der Waals surface area contributed by atoms with Crippen LogP contribution in [0.2, 0.25) is 0 Å². The summed E-state index contributed by atoms with van der Waals surface area (Å²) in [5, 5.41) is 0. The van der Waals surface area contributed by atoms with Crippen LogP contribution in [0.15, 0.2) is 48.5 Å². The van der Waals surface area contributed by atoms with Crippen molar-refractivity contribution in [3.05, 3.63) is 59.9 Å². The van der Waals surface area contributed by atoms with E-state index >= 15 is 0 Å². The number of para-hydroxylation sites is 2. The molecular formula is C20H22BrFN2O2. The van der Waals surface area contributed by atoms with Crippen molar-refractivity contribution in [3.8, 4) is 5.75 Å². The van der Waals surface area contributed by atoms with Gasteiger partial charge in [-0.1, -0.05) is 46.3 Å². The Balaban J connectivity index is 1.59. The smallest absolute Gasteiger partial charge is 0.236 e. The third-order valence-electron chi connectivity index (χ3n) is 4.64. The third kappa shape index (κ3) is 4.18. The highest BCUT2D eigenvalue weighted by Gasteiger charge is 2.27. The number of anilines is 1. The lowest BCUT2D eigenvalue weighted by atomic mass is 10.1. The second-order valence-corrected chi connectivity index (χ2v) is 7.35. The van der Waals surface area contributed by atoms with E-state index in [-0.39, 0.29) is 11.7 Å². The first-order valence-electron chi connectivity index (χ1n) is 8.64. The Labute approximate surface area is 161 Å². The highest BCUT2D eigenvalue weighted by Crippen LogP contribution is 2.28. The van der Waals surface area contributed by atoms with E-state index in [4.69, 9.17) is 4.74 Å². The summed E-state index contributed by atoms with van der Waals surface area (Å²) >= 11 is 3.44. The van der Waals surface area contributed by atoms with Crippen LogP contribution < -0.4 is 9.64 Å². The highest BCUT2D eigenvalue weighted by atomic mass is 79.9. The van der Waals surface area contributed by atoms with E-state index in [0.717, 1.165) is 24.5 Å². The first-order chi connectivity index (χ1) is 12.6. The molecule has 0 aromatic heterocycles. The molecule has 1 heterocycles. The number of piperazine rings is 1. The van der Waals surface area contributed by atoms with E-state index in [1.54, 1.807) is 25.3 Å².